The zero-order chi connectivity index (χ0) is 14.5. The highest BCUT2D eigenvalue weighted by Gasteiger charge is 2.12. The van der Waals surface area contributed by atoms with Crippen molar-refractivity contribution in [3.63, 3.8) is 0 Å². The lowest BCUT2D eigenvalue weighted by atomic mass is 10.2. The first-order valence-electron chi connectivity index (χ1n) is 5.91. The molecule has 1 aromatic heterocycles. The molecule has 20 heavy (non-hydrogen) atoms. The van der Waals surface area contributed by atoms with Crippen molar-refractivity contribution in [2.45, 2.75) is 6.61 Å². The van der Waals surface area contributed by atoms with Gasteiger partial charge in [0.05, 0.1) is 19.0 Å². The fourth-order valence-corrected chi connectivity index (χ4v) is 1.67. The molecular weight excluding hydrogens is 258 g/mol. The summed E-state index contributed by atoms with van der Waals surface area (Å²) in [5, 5.41) is 0. The maximum absolute atomic E-state index is 11.3. The second-order valence-electron chi connectivity index (χ2n) is 4.13. The number of rotatable bonds is 5. The minimum Gasteiger partial charge on any atom is -0.497 e. The fraction of sp³-hybridized carbons (Fsp3) is 0.143. The Morgan fingerprint density at radius 3 is 2.85 bits per heavy atom. The van der Waals surface area contributed by atoms with Crippen molar-refractivity contribution in [3.8, 4) is 11.6 Å². The number of primary amides is 1. The highest BCUT2D eigenvalue weighted by atomic mass is 16.5. The number of carbonyl (C=O) groups is 1. The second-order valence-corrected chi connectivity index (χ2v) is 4.13. The normalized spacial score (nSPS) is 10.1. The van der Waals surface area contributed by atoms with E-state index in [-0.39, 0.29) is 18.1 Å². The van der Waals surface area contributed by atoms with Crippen LogP contribution in [-0.2, 0) is 6.61 Å². The number of nitrogens with two attached hydrogens (primary N) is 2. The number of ether oxygens (including phenoxy) is 2. The van der Waals surface area contributed by atoms with Crippen molar-refractivity contribution < 1.29 is 14.3 Å². The lowest BCUT2D eigenvalue weighted by Crippen LogP contribution is -2.14. The molecule has 1 heterocycles. The number of aromatic nitrogens is 1. The molecule has 1 amide bonds. The van der Waals surface area contributed by atoms with Gasteiger partial charge in [-0.15, -0.1) is 0 Å². The Kier molecular flexibility index (Phi) is 4.05. The van der Waals surface area contributed by atoms with Crippen LogP contribution < -0.4 is 20.9 Å². The first kappa shape index (κ1) is 13.7. The van der Waals surface area contributed by atoms with E-state index in [9.17, 15) is 4.79 Å². The summed E-state index contributed by atoms with van der Waals surface area (Å²) in [6, 6.07) is 8.84. The average Bonchev–Trinajstić information content (AvgIpc) is 2.46. The first-order valence-corrected chi connectivity index (χ1v) is 5.91. The van der Waals surface area contributed by atoms with Crippen LogP contribution in [0.3, 0.4) is 0 Å². The molecule has 0 radical (unpaired) electrons. The maximum atomic E-state index is 11.3. The van der Waals surface area contributed by atoms with Crippen LogP contribution in [0.4, 0.5) is 5.69 Å². The van der Waals surface area contributed by atoms with E-state index in [0.717, 1.165) is 11.3 Å². The van der Waals surface area contributed by atoms with Crippen molar-refractivity contribution >= 4 is 11.6 Å². The van der Waals surface area contributed by atoms with Gasteiger partial charge < -0.3 is 20.9 Å². The predicted octanol–water partition coefficient (Wildman–Crippen LogP) is 1.35. The third-order valence-electron chi connectivity index (χ3n) is 2.65. The van der Waals surface area contributed by atoms with Crippen molar-refractivity contribution in [3.05, 3.63) is 47.7 Å². The summed E-state index contributed by atoms with van der Waals surface area (Å²) in [6.07, 6.45) is 1.41. The van der Waals surface area contributed by atoms with Gasteiger partial charge in [0.1, 0.15) is 17.9 Å². The molecule has 0 aliphatic heterocycles. The van der Waals surface area contributed by atoms with Gasteiger partial charge in [0.15, 0.2) is 0 Å². The van der Waals surface area contributed by atoms with E-state index >= 15 is 0 Å². The number of amides is 1. The molecule has 2 rings (SSSR count). The lowest BCUT2D eigenvalue weighted by molar-refractivity contribution is 0.0995. The van der Waals surface area contributed by atoms with Gasteiger partial charge in [-0.2, -0.15) is 0 Å². The molecule has 0 saturated carbocycles. The van der Waals surface area contributed by atoms with Gasteiger partial charge in [0.2, 0.25) is 5.88 Å². The quantitative estimate of drug-likeness (QED) is 0.856. The summed E-state index contributed by atoms with van der Waals surface area (Å²) < 4.78 is 10.6. The highest BCUT2D eigenvalue weighted by molar-refractivity contribution is 5.95. The third-order valence-corrected chi connectivity index (χ3v) is 2.65. The molecule has 104 valence electrons. The maximum Gasteiger partial charge on any atom is 0.254 e. The minimum absolute atomic E-state index is 0.160. The van der Waals surface area contributed by atoms with Gasteiger partial charge >= 0.3 is 0 Å². The van der Waals surface area contributed by atoms with Crippen molar-refractivity contribution in [2.75, 3.05) is 12.8 Å². The van der Waals surface area contributed by atoms with E-state index < -0.39 is 5.91 Å². The highest BCUT2D eigenvalue weighted by Crippen LogP contribution is 2.20. The molecule has 4 N–H and O–H groups in total. The Balaban J connectivity index is 2.16. The number of pyridine rings is 1. The van der Waals surface area contributed by atoms with E-state index in [2.05, 4.69) is 4.98 Å². The molecule has 0 aliphatic carbocycles. The van der Waals surface area contributed by atoms with Gasteiger partial charge in [-0.1, -0.05) is 12.1 Å². The zero-order valence-electron chi connectivity index (χ0n) is 11.0. The third kappa shape index (κ3) is 3.17. The molecule has 6 nitrogen and oxygen atoms in total. The Morgan fingerprint density at radius 1 is 1.35 bits per heavy atom. The number of nitrogens with zero attached hydrogens (tertiary/aromatic N) is 1. The Bertz CT molecular complexity index is 629. The largest absolute Gasteiger partial charge is 0.497 e. The molecule has 0 unspecified atom stereocenters. The molecule has 1 aromatic carbocycles. The van der Waals surface area contributed by atoms with Crippen LogP contribution in [0.1, 0.15) is 15.9 Å². The molecule has 0 saturated heterocycles. The van der Waals surface area contributed by atoms with E-state index in [1.807, 2.05) is 24.3 Å². The van der Waals surface area contributed by atoms with Crippen LogP contribution in [0, 0.1) is 0 Å². The lowest BCUT2D eigenvalue weighted by Gasteiger charge is -2.09. The van der Waals surface area contributed by atoms with Gasteiger partial charge in [0, 0.05) is 0 Å². The van der Waals surface area contributed by atoms with Crippen molar-refractivity contribution in [2.24, 2.45) is 5.73 Å². The number of nitrogen functional groups attached to an aromatic ring is 1. The minimum atomic E-state index is -0.634. The van der Waals surface area contributed by atoms with Crippen LogP contribution >= 0.6 is 0 Å². The van der Waals surface area contributed by atoms with Crippen LogP contribution in [0.25, 0.3) is 0 Å². The van der Waals surface area contributed by atoms with E-state index in [4.69, 9.17) is 20.9 Å². The molecular formula is C14H15N3O3. The molecule has 6 heteroatoms. The summed E-state index contributed by atoms with van der Waals surface area (Å²) in [5.74, 6) is 0.256. The average molecular weight is 273 g/mol. The Labute approximate surface area is 116 Å². The van der Waals surface area contributed by atoms with Gasteiger partial charge in [0.25, 0.3) is 5.91 Å². The monoisotopic (exact) mass is 273 g/mol. The number of hydrogen-bond acceptors (Lipinski definition) is 5. The van der Waals surface area contributed by atoms with Crippen LogP contribution in [-0.4, -0.2) is 18.0 Å². The summed E-state index contributed by atoms with van der Waals surface area (Å²) in [6.45, 7) is 0.244. The molecule has 0 aliphatic rings. The van der Waals surface area contributed by atoms with Crippen molar-refractivity contribution in [1.29, 1.82) is 0 Å². The summed E-state index contributed by atoms with van der Waals surface area (Å²) in [4.78, 5) is 15.3. The summed E-state index contributed by atoms with van der Waals surface area (Å²) >= 11 is 0. The van der Waals surface area contributed by atoms with Crippen LogP contribution in [0.5, 0.6) is 11.6 Å². The Hall–Kier alpha value is -2.76. The van der Waals surface area contributed by atoms with Gasteiger partial charge in [-0.05, 0) is 23.8 Å². The fourth-order valence-electron chi connectivity index (χ4n) is 1.67. The van der Waals surface area contributed by atoms with E-state index in [0.29, 0.717) is 5.69 Å². The summed E-state index contributed by atoms with van der Waals surface area (Å²) in [7, 11) is 1.59. The molecule has 2 aromatic rings. The Morgan fingerprint density at radius 2 is 2.15 bits per heavy atom. The number of benzene rings is 1. The van der Waals surface area contributed by atoms with Gasteiger partial charge in [-0.25, -0.2) is 4.98 Å². The van der Waals surface area contributed by atoms with Crippen LogP contribution in [0.2, 0.25) is 0 Å². The molecule has 0 fully saturated rings. The molecule has 0 spiro atoms. The molecule has 0 bridgehead atoms. The predicted molar refractivity (Wildman–Crippen MR) is 74.5 cm³/mol. The van der Waals surface area contributed by atoms with Crippen LogP contribution in [0.15, 0.2) is 36.5 Å². The van der Waals surface area contributed by atoms with Crippen molar-refractivity contribution in [1.82, 2.24) is 4.98 Å². The number of methoxy groups -OCH3 is 1. The second kappa shape index (κ2) is 5.92. The van der Waals surface area contributed by atoms with E-state index in [1.165, 1.54) is 12.3 Å². The van der Waals surface area contributed by atoms with Gasteiger partial charge in [-0.3, -0.25) is 4.79 Å². The standard InChI is InChI=1S/C14H15N3O3/c1-19-11-4-2-3-9(5-11)8-20-14-12(13(16)18)6-10(15)7-17-14/h2-7H,8,15H2,1H3,(H2,16,18). The first-order chi connectivity index (χ1) is 9.60. The number of carbonyl (C=O) groups excluding carboxylic acids is 1. The number of anilines is 1. The van der Waals surface area contributed by atoms with E-state index in [1.54, 1.807) is 7.11 Å². The SMILES string of the molecule is COc1cccc(COc2ncc(N)cc2C(N)=O)c1. The summed E-state index contributed by atoms with van der Waals surface area (Å²) in [5.41, 5.74) is 12.2. The number of hydrogen-bond donors (Lipinski definition) is 2. The topological polar surface area (TPSA) is 100 Å². The molecule has 0 atom stereocenters. The smallest absolute Gasteiger partial charge is 0.254 e. The zero-order valence-corrected chi connectivity index (χ0v) is 11.0.